The van der Waals surface area contributed by atoms with Crippen LogP contribution in [0.25, 0.3) is 0 Å². The summed E-state index contributed by atoms with van der Waals surface area (Å²) in [6.45, 7) is 4.77. The van der Waals surface area contributed by atoms with Gasteiger partial charge in [-0.15, -0.1) is 0 Å². The highest BCUT2D eigenvalue weighted by Gasteiger charge is 2.61. The van der Waals surface area contributed by atoms with Gasteiger partial charge in [-0.1, -0.05) is 189 Å². The van der Waals surface area contributed by atoms with Gasteiger partial charge in [-0.2, -0.15) is 0 Å². The maximum Gasteiger partial charge on any atom is 0.341 e. The maximum atomic E-state index is 13.6. The summed E-state index contributed by atoms with van der Waals surface area (Å²) in [5, 5.41) is 9.76. The summed E-state index contributed by atoms with van der Waals surface area (Å²) in [7, 11) is 0. The van der Waals surface area contributed by atoms with E-state index in [1.54, 1.807) is 0 Å². The molecule has 0 saturated carbocycles. The zero-order valence-electron chi connectivity index (χ0n) is 46.4. The molecule has 0 aromatic heterocycles. The topological polar surface area (TPSA) is 182 Å². The normalized spacial score (nSPS) is 25.7. The number of hydrogen-bond donors (Lipinski definition) is 1. The van der Waals surface area contributed by atoms with Crippen LogP contribution in [-0.4, -0.2) is 110 Å². The van der Waals surface area contributed by atoms with Gasteiger partial charge in [0.2, 0.25) is 23.8 Å². The van der Waals surface area contributed by atoms with Crippen molar-refractivity contribution >= 4 is 17.9 Å². The molecule has 4 saturated heterocycles. The zero-order chi connectivity index (χ0) is 56.9. The highest BCUT2D eigenvalue weighted by molar-refractivity contribution is 5.77. The molecule has 4 aliphatic heterocycles. The van der Waals surface area contributed by atoms with E-state index in [0.29, 0.717) is 65.1 Å². The summed E-state index contributed by atoms with van der Waals surface area (Å²) >= 11 is 0. The van der Waals surface area contributed by atoms with E-state index in [1.165, 1.54) is 0 Å². The molecule has 6 aromatic carbocycles. The molecule has 434 valence electrons. The highest BCUT2D eigenvalue weighted by atomic mass is 16.8. The Morgan fingerprint density at radius 3 is 1.11 bits per heavy atom. The van der Waals surface area contributed by atoms with Crippen molar-refractivity contribution in [1.29, 1.82) is 0 Å². The van der Waals surface area contributed by atoms with Crippen molar-refractivity contribution < 1.29 is 76.3 Å². The fraction of sp³-hybridized carbons (Fsp3) is 0.409. The molecular weight excluding hydrogens is 1050 g/mol. The fourth-order valence-corrected chi connectivity index (χ4v) is 10.3. The third kappa shape index (κ3) is 16.8. The summed E-state index contributed by atoms with van der Waals surface area (Å²) < 4.78 is 73.6. The van der Waals surface area contributed by atoms with Crippen molar-refractivity contribution in [3.8, 4) is 0 Å². The summed E-state index contributed by atoms with van der Waals surface area (Å²) in [4.78, 5) is 39.1. The first kappa shape index (κ1) is 59.9. The zero-order valence-corrected chi connectivity index (χ0v) is 46.4. The smallest absolute Gasteiger partial charge is 0.341 e. The Kier molecular flexibility index (Phi) is 21.6. The van der Waals surface area contributed by atoms with Crippen LogP contribution in [0, 0.1) is 0 Å². The molecule has 0 bridgehead atoms. The standard InChI is InChI=1S/C33H36O9.C33H38O7/c34-29(35)18-32(23-38-20-26-12-6-2-7-13-26)24-40-33(30(42-32)31(36)39-21-27-14-8-3-9-15-27)17-16-28(41-33)22-37-19-25-10-4-1-5-11-25;1-2-32(24-36-21-27-14-8-4-9-15-27)25-38-33(30(40-32)31(34)37-22-28-16-10-5-11-17-28)19-18-29(39-33)23-35-20-26-12-6-3-7-13-26/h1-15,28,30H,16-24H2,(H,34,35);3-17,29-30H,2,18-25H2,1H3/t28-,30?,32?,33-;29-,30?,32?,33-/m11/s1. The molecule has 4 heterocycles. The number of rotatable bonds is 25. The molecule has 0 radical (unpaired) electrons. The number of benzene rings is 6. The lowest BCUT2D eigenvalue weighted by molar-refractivity contribution is -0.359. The lowest BCUT2D eigenvalue weighted by atomic mass is 9.95. The number of carbonyl (C=O) groups excluding carboxylic acids is 2. The molecule has 2 spiro atoms. The molecule has 10 rings (SSSR count). The van der Waals surface area contributed by atoms with Crippen LogP contribution in [0.3, 0.4) is 0 Å². The van der Waals surface area contributed by atoms with Gasteiger partial charge in [0.05, 0.1) is 84.7 Å². The Balaban J connectivity index is 0.000000198. The first-order valence-electron chi connectivity index (χ1n) is 28.1. The van der Waals surface area contributed by atoms with E-state index in [-0.39, 0.29) is 58.5 Å². The van der Waals surface area contributed by atoms with Crippen molar-refractivity contribution in [1.82, 2.24) is 0 Å². The number of carboxylic acid groups (broad SMARTS) is 1. The van der Waals surface area contributed by atoms with Gasteiger partial charge in [0.25, 0.3) is 0 Å². The second kappa shape index (κ2) is 29.5. The number of carbonyl (C=O) groups is 3. The molecule has 0 amide bonds. The minimum absolute atomic E-state index is 0.0235. The third-order valence-electron chi connectivity index (χ3n) is 14.8. The van der Waals surface area contributed by atoms with E-state index in [1.807, 2.05) is 189 Å². The average Bonchev–Trinajstić information content (AvgIpc) is 3.95. The monoisotopic (exact) mass is 1120 g/mol. The van der Waals surface area contributed by atoms with Gasteiger partial charge in [-0.3, -0.25) is 4.79 Å². The van der Waals surface area contributed by atoms with Crippen LogP contribution in [0.15, 0.2) is 182 Å². The number of hydrogen-bond acceptors (Lipinski definition) is 15. The minimum atomic E-state index is -1.43. The molecule has 8 atom stereocenters. The summed E-state index contributed by atoms with van der Waals surface area (Å²) in [6.07, 6.45) is -0.663. The number of esters is 2. The summed E-state index contributed by atoms with van der Waals surface area (Å²) in [6, 6.07) is 58.2. The Hall–Kier alpha value is -6.67. The van der Waals surface area contributed by atoms with Crippen molar-refractivity contribution in [3.05, 3.63) is 215 Å². The van der Waals surface area contributed by atoms with Crippen molar-refractivity contribution in [2.24, 2.45) is 0 Å². The molecule has 4 aliphatic rings. The van der Waals surface area contributed by atoms with Crippen LogP contribution in [0.5, 0.6) is 0 Å². The quantitative estimate of drug-likeness (QED) is 0.0534. The molecule has 16 nitrogen and oxygen atoms in total. The first-order chi connectivity index (χ1) is 40.0. The van der Waals surface area contributed by atoms with Crippen LogP contribution < -0.4 is 0 Å². The van der Waals surface area contributed by atoms with E-state index in [0.717, 1.165) is 33.4 Å². The summed E-state index contributed by atoms with van der Waals surface area (Å²) in [5.74, 6) is -4.96. The Bertz CT molecular complexity index is 2870. The number of carboxylic acids is 1. The van der Waals surface area contributed by atoms with Crippen molar-refractivity contribution in [2.75, 3.05) is 39.6 Å². The van der Waals surface area contributed by atoms with Crippen LogP contribution in [-0.2, 0) is 111 Å². The lowest BCUT2D eigenvalue weighted by Crippen LogP contribution is -2.64. The minimum Gasteiger partial charge on any atom is -0.481 e. The second-order valence-electron chi connectivity index (χ2n) is 21.2. The Morgan fingerprint density at radius 1 is 0.439 bits per heavy atom. The molecule has 16 heteroatoms. The average molecular weight is 1120 g/mol. The van der Waals surface area contributed by atoms with Crippen LogP contribution in [0.4, 0.5) is 0 Å². The SMILES string of the molecule is CCC1(COCc2ccccc2)CO[C@@]2(CC[C@H](COCc3ccccc3)O2)C(C(=O)OCc2ccccc2)O1.O=C(O)CC1(COCc2ccccc2)CO[C@@]2(CC[C@H](COCc3ccccc3)O2)C(C(=O)OCc2ccccc2)O1. The van der Waals surface area contributed by atoms with Gasteiger partial charge in [0, 0.05) is 12.8 Å². The van der Waals surface area contributed by atoms with Crippen molar-refractivity contribution in [3.63, 3.8) is 0 Å². The summed E-state index contributed by atoms with van der Waals surface area (Å²) in [5.41, 5.74) is 3.60. The molecule has 4 unspecified atom stereocenters. The third-order valence-corrected chi connectivity index (χ3v) is 14.8. The molecule has 0 aliphatic carbocycles. The maximum absolute atomic E-state index is 13.6. The predicted molar refractivity (Wildman–Crippen MR) is 300 cm³/mol. The first-order valence-corrected chi connectivity index (χ1v) is 28.1. The van der Waals surface area contributed by atoms with Gasteiger partial charge in [-0.05, 0) is 52.6 Å². The predicted octanol–water partition coefficient (Wildman–Crippen LogP) is 10.3. The Morgan fingerprint density at radius 2 is 0.756 bits per heavy atom. The van der Waals surface area contributed by atoms with E-state index in [9.17, 15) is 19.5 Å². The van der Waals surface area contributed by atoms with Gasteiger partial charge in [0.1, 0.15) is 24.4 Å². The Labute approximate surface area is 479 Å². The van der Waals surface area contributed by atoms with Crippen molar-refractivity contribution in [2.45, 2.75) is 132 Å². The van der Waals surface area contributed by atoms with E-state index in [2.05, 4.69) is 0 Å². The van der Waals surface area contributed by atoms with Crippen LogP contribution in [0.2, 0.25) is 0 Å². The van der Waals surface area contributed by atoms with E-state index < -0.39 is 59.3 Å². The number of ether oxygens (including phenoxy) is 12. The number of aliphatic carboxylic acids is 1. The molecule has 82 heavy (non-hydrogen) atoms. The van der Waals surface area contributed by atoms with Gasteiger partial charge < -0.3 is 61.9 Å². The largest absolute Gasteiger partial charge is 0.481 e. The molecular formula is C66H74O16. The molecule has 4 fully saturated rings. The molecule has 6 aromatic rings. The van der Waals surface area contributed by atoms with Crippen LogP contribution in [0.1, 0.15) is 78.8 Å². The lowest BCUT2D eigenvalue weighted by Gasteiger charge is -2.47. The van der Waals surface area contributed by atoms with E-state index >= 15 is 0 Å². The van der Waals surface area contributed by atoms with Crippen LogP contribution >= 0.6 is 0 Å². The fourth-order valence-electron chi connectivity index (χ4n) is 10.3. The van der Waals surface area contributed by atoms with Gasteiger partial charge in [0.15, 0.2) is 0 Å². The van der Waals surface area contributed by atoms with Gasteiger partial charge >= 0.3 is 17.9 Å². The second-order valence-corrected chi connectivity index (χ2v) is 21.2. The highest BCUT2D eigenvalue weighted by Crippen LogP contribution is 2.45. The van der Waals surface area contributed by atoms with E-state index in [4.69, 9.17) is 56.8 Å². The van der Waals surface area contributed by atoms with Gasteiger partial charge in [-0.25, -0.2) is 9.59 Å². The molecule has 1 N–H and O–H groups in total.